The molecule has 3 nitrogen and oxygen atoms in total. The molecule has 0 aliphatic heterocycles. The minimum atomic E-state index is -0.746. The summed E-state index contributed by atoms with van der Waals surface area (Å²) in [6.45, 7) is 0.872. The molecule has 0 saturated heterocycles. The van der Waals surface area contributed by atoms with E-state index < -0.39 is 5.60 Å². The van der Waals surface area contributed by atoms with Gasteiger partial charge in [0.15, 0.2) is 0 Å². The molecule has 0 bridgehead atoms. The molecule has 1 fully saturated rings. The second-order valence-corrected chi connectivity index (χ2v) is 6.06. The van der Waals surface area contributed by atoms with Gasteiger partial charge in [0.2, 0.25) is 0 Å². The average molecular weight is 295 g/mol. The Balaban J connectivity index is 2.27. The van der Waals surface area contributed by atoms with Gasteiger partial charge in [0.1, 0.15) is 5.75 Å². The van der Waals surface area contributed by atoms with E-state index in [2.05, 4.69) is 17.5 Å². The van der Waals surface area contributed by atoms with Gasteiger partial charge < -0.3 is 9.84 Å². The van der Waals surface area contributed by atoms with Crippen LogP contribution >= 0.6 is 12.6 Å². The van der Waals surface area contributed by atoms with Crippen LogP contribution in [0.1, 0.15) is 31.2 Å². The standard InChI is InChI=1S/C16H25NO2S/c1-17(12-20)11-14-6-3-4-9-16(14,18)13-7-5-8-15(10-13)19-2/h5,7-8,10,14,18,20H,3-4,6,9,11-12H2,1-2H3. The molecule has 0 radical (unpaired) electrons. The fourth-order valence-electron chi connectivity index (χ4n) is 3.18. The molecule has 1 N–H and O–H groups in total. The van der Waals surface area contributed by atoms with Gasteiger partial charge >= 0.3 is 0 Å². The zero-order valence-electron chi connectivity index (χ0n) is 12.4. The molecule has 0 aromatic heterocycles. The molecule has 1 aromatic carbocycles. The van der Waals surface area contributed by atoms with E-state index in [1.165, 1.54) is 6.42 Å². The predicted molar refractivity (Wildman–Crippen MR) is 85.3 cm³/mol. The van der Waals surface area contributed by atoms with Crippen LogP contribution in [0.5, 0.6) is 5.75 Å². The molecule has 2 rings (SSSR count). The Morgan fingerprint density at radius 3 is 2.95 bits per heavy atom. The Bertz CT molecular complexity index is 440. The first-order valence-corrected chi connectivity index (χ1v) is 7.89. The van der Waals surface area contributed by atoms with Crippen molar-refractivity contribution in [3.63, 3.8) is 0 Å². The van der Waals surface area contributed by atoms with Crippen molar-refractivity contribution < 1.29 is 9.84 Å². The molecular weight excluding hydrogens is 270 g/mol. The number of ether oxygens (including phenoxy) is 1. The average Bonchev–Trinajstić information content (AvgIpc) is 2.49. The van der Waals surface area contributed by atoms with Crippen molar-refractivity contribution >= 4 is 12.6 Å². The van der Waals surface area contributed by atoms with Gasteiger partial charge in [0.25, 0.3) is 0 Å². The molecule has 20 heavy (non-hydrogen) atoms. The lowest BCUT2D eigenvalue weighted by atomic mass is 9.71. The van der Waals surface area contributed by atoms with Crippen molar-refractivity contribution in [1.82, 2.24) is 4.90 Å². The number of aliphatic hydroxyl groups is 1. The first-order valence-electron chi connectivity index (χ1n) is 7.26. The lowest BCUT2D eigenvalue weighted by Crippen LogP contribution is -2.43. The normalized spacial score (nSPS) is 26.8. The molecule has 1 saturated carbocycles. The van der Waals surface area contributed by atoms with Gasteiger partial charge in [-0.25, -0.2) is 0 Å². The van der Waals surface area contributed by atoms with Crippen molar-refractivity contribution in [3.05, 3.63) is 29.8 Å². The number of hydrogen-bond acceptors (Lipinski definition) is 4. The molecule has 112 valence electrons. The van der Waals surface area contributed by atoms with E-state index in [0.717, 1.165) is 37.1 Å². The summed E-state index contributed by atoms with van der Waals surface area (Å²) < 4.78 is 5.29. The molecule has 1 aliphatic rings. The maximum absolute atomic E-state index is 11.3. The zero-order valence-corrected chi connectivity index (χ0v) is 13.3. The summed E-state index contributed by atoms with van der Waals surface area (Å²) in [7, 11) is 3.71. The SMILES string of the molecule is COc1cccc(C2(O)CCCCC2CN(C)CS)c1. The van der Waals surface area contributed by atoms with Gasteiger partial charge in [-0.1, -0.05) is 25.0 Å². The van der Waals surface area contributed by atoms with Gasteiger partial charge in [0, 0.05) is 18.3 Å². The Morgan fingerprint density at radius 2 is 2.25 bits per heavy atom. The van der Waals surface area contributed by atoms with Crippen LogP contribution in [0.2, 0.25) is 0 Å². The van der Waals surface area contributed by atoms with Crippen LogP contribution in [-0.2, 0) is 5.60 Å². The maximum Gasteiger partial charge on any atom is 0.119 e. The fraction of sp³-hybridized carbons (Fsp3) is 0.625. The number of methoxy groups -OCH3 is 1. The highest BCUT2D eigenvalue weighted by Gasteiger charge is 2.40. The van der Waals surface area contributed by atoms with Crippen LogP contribution in [0.3, 0.4) is 0 Å². The van der Waals surface area contributed by atoms with E-state index in [-0.39, 0.29) is 5.92 Å². The summed E-state index contributed by atoms with van der Waals surface area (Å²) in [5.74, 6) is 1.77. The minimum Gasteiger partial charge on any atom is -0.497 e. The van der Waals surface area contributed by atoms with Crippen LogP contribution in [-0.4, -0.2) is 36.6 Å². The maximum atomic E-state index is 11.3. The van der Waals surface area contributed by atoms with E-state index in [1.807, 2.05) is 31.3 Å². The third kappa shape index (κ3) is 3.30. The Kier molecular flexibility index (Phi) is 5.35. The number of rotatable bonds is 5. The largest absolute Gasteiger partial charge is 0.497 e. The van der Waals surface area contributed by atoms with Gasteiger partial charge in [-0.2, -0.15) is 12.6 Å². The fourth-order valence-corrected chi connectivity index (χ4v) is 3.29. The zero-order chi connectivity index (χ0) is 14.6. The second kappa shape index (κ2) is 6.83. The molecule has 0 heterocycles. The molecule has 2 unspecified atom stereocenters. The highest BCUT2D eigenvalue weighted by atomic mass is 32.1. The number of benzene rings is 1. The Hall–Kier alpha value is -0.710. The first kappa shape index (κ1) is 15.7. The van der Waals surface area contributed by atoms with Crippen LogP contribution in [0.15, 0.2) is 24.3 Å². The Morgan fingerprint density at radius 1 is 1.45 bits per heavy atom. The number of nitrogens with zero attached hydrogens (tertiary/aromatic N) is 1. The quantitative estimate of drug-likeness (QED) is 0.647. The van der Waals surface area contributed by atoms with Crippen molar-refractivity contribution in [2.75, 3.05) is 26.6 Å². The van der Waals surface area contributed by atoms with E-state index in [4.69, 9.17) is 4.74 Å². The van der Waals surface area contributed by atoms with Crippen molar-refractivity contribution in [2.24, 2.45) is 5.92 Å². The topological polar surface area (TPSA) is 32.7 Å². The van der Waals surface area contributed by atoms with Crippen LogP contribution in [0, 0.1) is 5.92 Å². The van der Waals surface area contributed by atoms with Gasteiger partial charge in [-0.05, 0) is 37.6 Å². The Labute approximate surface area is 127 Å². The highest BCUT2D eigenvalue weighted by Crippen LogP contribution is 2.42. The smallest absolute Gasteiger partial charge is 0.119 e. The first-order chi connectivity index (χ1) is 9.60. The summed E-state index contributed by atoms with van der Waals surface area (Å²) in [4.78, 5) is 2.16. The van der Waals surface area contributed by atoms with Gasteiger partial charge in [-0.15, -0.1) is 0 Å². The summed E-state index contributed by atoms with van der Waals surface area (Å²) in [6, 6.07) is 7.87. The molecule has 1 aliphatic carbocycles. The molecule has 4 heteroatoms. The summed E-state index contributed by atoms with van der Waals surface area (Å²) in [5, 5.41) is 11.3. The summed E-state index contributed by atoms with van der Waals surface area (Å²) in [6.07, 6.45) is 4.16. The molecule has 1 aromatic rings. The molecule has 0 spiro atoms. The summed E-state index contributed by atoms with van der Waals surface area (Å²) >= 11 is 4.32. The second-order valence-electron chi connectivity index (χ2n) is 5.78. The lowest BCUT2D eigenvalue weighted by Gasteiger charge is -2.42. The minimum absolute atomic E-state index is 0.250. The molecule has 0 amide bonds. The highest BCUT2D eigenvalue weighted by molar-refractivity contribution is 7.80. The van der Waals surface area contributed by atoms with Gasteiger partial charge in [0.05, 0.1) is 12.7 Å². The summed E-state index contributed by atoms with van der Waals surface area (Å²) in [5.41, 5.74) is 0.235. The van der Waals surface area contributed by atoms with Crippen LogP contribution in [0.25, 0.3) is 0 Å². The van der Waals surface area contributed by atoms with E-state index >= 15 is 0 Å². The van der Waals surface area contributed by atoms with Crippen LogP contribution in [0.4, 0.5) is 0 Å². The molecular formula is C16H25NO2S. The lowest BCUT2D eigenvalue weighted by molar-refractivity contribution is -0.0623. The third-order valence-corrected chi connectivity index (χ3v) is 4.86. The number of hydrogen-bond donors (Lipinski definition) is 2. The van der Waals surface area contributed by atoms with E-state index in [9.17, 15) is 5.11 Å². The molecule has 2 atom stereocenters. The van der Waals surface area contributed by atoms with Crippen molar-refractivity contribution in [1.29, 1.82) is 0 Å². The number of thiol groups is 1. The van der Waals surface area contributed by atoms with Gasteiger partial charge in [-0.3, -0.25) is 4.90 Å². The van der Waals surface area contributed by atoms with E-state index in [0.29, 0.717) is 5.88 Å². The monoisotopic (exact) mass is 295 g/mol. The van der Waals surface area contributed by atoms with Crippen molar-refractivity contribution in [3.8, 4) is 5.75 Å². The van der Waals surface area contributed by atoms with Crippen molar-refractivity contribution in [2.45, 2.75) is 31.3 Å². The van der Waals surface area contributed by atoms with Crippen LogP contribution < -0.4 is 4.74 Å². The third-order valence-electron chi connectivity index (χ3n) is 4.38. The predicted octanol–water partition coefficient (Wildman–Crippen LogP) is 2.89. The van der Waals surface area contributed by atoms with E-state index in [1.54, 1.807) is 7.11 Å².